The Balaban J connectivity index is 1.59. The third-order valence-corrected chi connectivity index (χ3v) is 7.45. The predicted octanol–water partition coefficient (Wildman–Crippen LogP) is 3.42. The third-order valence-electron chi connectivity index (χ3n) is 6.37. The van der Waals surface area contributed by atoms with Crippen molar-refractivity contribution >= 4 is 35.0 Å². The van der Waals surface area contributed by atoms with Crippen molar-refractivity contribution in [3.05, 3.63) is 59.9 Å². The smallest absolute Gasteiger partial charge is 0.253 e. The van der Waals surface area contributed by atoms with Gasteiger partial charge in [0, 0.05) is 41.2 Å². The zero-order valence-corrected chi connectivity index (χ0v) is 16.9. The summed E-state index contributed by atoms with van der Waals surface area (Å²) >= 11 is 1.81. The molecule has 1 spiro atoms. The molecule has 29 heavy (non-hydrogen) atoms. The van der Waals surface area contributed by atoms with Crippen LogP contribution < -0.4 is 10.2 Å². The van der Waals surface area contributed by atoms with Crippen molar-refractivity contribution < 1.29 is 14.0 Å². The molecule has 1 N–H and O–H groups in total. The molecule has 0 aromatic heterocycles. The molecule has 0 aliphatic carbocycles. The molecule has 3 unspecified atom stereocenters. The fourth-order valence-corrected chi connectivity index (χ4v) is 6.46. The first-order valence-corrected chi connectivity index (χ1v) is 11.0. The van der Waals surface area contributed by atoms with Crippen LogP contribution in [0.3, 0.4) is 0 Å². The highest BCUT2D eigenvalue weighted by molar-refractivity contribution is 7.99. The molecule has 3 aliphatic heterocycles. The van der Waals surface area contributed by atoms with Crippen LogP contribution in [0.25, 0.3) is 0 Å². The van der Waals surface area contributed by atoms with E-state index in [9.17, 15) is 14.0 Å². The Morgan fingerprint density at radius 3 is 2.76 bits per heavy atom. The Morgan fingerprint density at radius 1 is 1.24 bits per heavy atom. The molecule has 3 atom stereocenters. The Kier molecular flexibility index (Phi) is 4.40. The monoisotopic (exact) mass is 411 g/mol. The van der Waals surface area contributed by atoms with Gasteiger partial charge < -0.3 is 10.2 Å². The highest BCUT2D eigenvalue weighted by atomic mass is 32.2. The zero-order valence-electron chi connectivity index (χ0n) is 16.1. The first-order chi connectivity index (χ1) is 14.1. The van der Waals surface area contributed by atoms with Gasteiger partial charge in [0.25, 0.3) is 5.91 Å². The van der Waals surface area contributed by atoms with Gasteiger partial charge in [0.15, 0.2) is 0 Å². The lowest BCUT2D eigenvalue weighted by molar-refractivity contribution is -0.136. The van der Waals surface area contributed by atoms with Gasteiger partial charge in [-0.1, -0.05) is 18.2 Å². The number of amides is 2. The van der Waals surface area contributed by atoms with Crippen molar-refractivity contribution in [3.8, 4) is 0 Å². The van der Waals surface area contributed by atoms with Crippen molar-refractivity contribution in [1.82, 2.24) is 4.90 Å². The summed E-state index contributed by atoms with van der Waals surface area (Å²) in [7, 11) is 0. The topological polar surface area (TPSA) is 52.7 Å². The Bertz CT molecular complexity index is 982. The van der Waals surface area contributed by atoms with Gasteiger partial charge in [0.05, 0.1) is 5.92 Å². The molecule has 2 amide bonds. The molecule has 0 saturated carbocycles. The highest BCUT2D eigenvalue weighted by Gasteiger charge is 2.67. The van der Waals surface area contributed by atoms with E-state index < -0.39 is 11.5 Å². The molecule has 2 saturated heterocycles. The maximum Gasteiger partial charge on any atom is 0.253 e. The maximum absolute atomic E-state index is 13.8. The number of carbonyl (C=O) groups excluding carboxylic acids is 2. The number of benzene rings is 2. The van der Waals surface area contributed by atoms with Gasteiger partial charge in [-0.15, -0.1) is 11.8 Å². The molecule has 0 bridgehead atoms. The van der Waals surface area contributed by atoms with Crippen LogP contribution in [-0.2, 0) is 15.1 Å². The molecular weight excluding hydrogens is 389 g/mol. The van der Waals surface area contributed by atoms with E-state index in [1.165, 1.54) is 12.1 Å². The van der Waals surface area contributed by atoms with Crippen molar-refractivity contribution in [2.45, 2.75) is 24.9 Å². The second kappa shape index (κ2) is 6.85. The van der Waals surface area contributed by atoms with E-state index in [1.807, 2.05) is 43.0 Å². The number of likely N-dealkylation sites (N-methyl/N-ethyl adjacent to an activating group) is 1. The van der Waals surface area contributed by atoms with Gasteiger partial charge in [-0.3, -0.25) is 14.5 Å². The van der Waals surface area contributed by atoms with Crippen molar-refractivity contribution in [3.63, 3.8) is 0 Å². The molecule has 7 heteroatoms. The summed E-state index contributed by atoms with van der Waals surface area (Å²) in [5.74, 6) is 0.620. The minimum atomic E-state index is -0.967. The molecular formula is C22H22FN3O2S. The van der Waals surface area contributed by atoms with Crippen LogP contribution in [-0.4, -0.2) is 40.9 Å². The van der Waals surface area contributed by atoms with Gasteiger partial charge in [-0.25, -0.2) is 4.39 Å². The number of para-hydroxylation sites is 1. The summed E-state index contributed by atoms with van der Waals surface area (Å²) < 4.78 is 13.2. The average molecular weight is 412 g/mol. The minimum absolute atomic E-state index is 0.00884. The summed E-state index contributed by atoms with van der Waals surface area (Å²) in [4.78, 5) is 31.3. The average Bonchev–Trinajstić information content (AvgIpc) is 3.37. The van der Waals surface area contributed by atoms with Crippen LogP contribution in [0.15, 0.2) is 48.5 Å². The summed E-state index contributed by atoms with van der Waals surface area (Å²) in [6.07, 6.45) is 0.637. The number of carbonyl (C=O) groups is 2. The number of nitrogens with one attached hydrogen (secondary N) is 1. The SMILES string of the molecule is CCN1C(=O)C2(c3ccccc31)C(C(=O)Nc1ccc(F)cc1)CC1CSCN12. The molecule has 3 aliphatic rings. The number of anilines is 2. The summed E-state index contributed by atoms with van der Waals surface area (Å²) in [5, 5.41) is 2.93. The lowest BCUT2D eigenvalue weighted by Gasteiger charge is -2.36. The second-order valence-corrected chi connectivity index (χ2v) is 8.74. The van der Waals surface area contributed by atoms with Gasteiger partial charge in [0.1, 0.15) is 11.4 Å². The second-order valence-electron chi connectivity index (χ2n) is 7.74. The van der Waals surface area contributed by atoms with Crippen molar-refractivity contribution in [2.24, 2.45) is 5.92 Å². The zero-order chi connectivity index (χ0) is 20.2. The van der Waals surface area contributed by atoms with E-state index in [0.29, 0.717) is 18.7 Å². The molecule has 2 fully saturated rings. The number of thioether (sulfide) groups is 1. The fourth-order valence-electron chi connectivity index (χ4n) is 5.16. The maximum atomic E-state index is 13.8. The summed E-state index contributed by atoms with van der Waals surface area (Å²) in [6.45, 7) is 2.53. The van der Waals surface area contributed by atoms with Crippen LogP contribution in [0.5, 0.6) is 0 Å². The van der Waals surface area contributed by atoms with E-state index in [4.69, 9.17) is 0 Å². The van der Waals surface area contributed by atoms with E-state index in [2.05, 4.69) is 10.2 Å². The van der Waals surface area contributed by atoms with Crippen LogP contribution in [0.2, 0.25) is 0 Å². The first-order valence-electron chi connectivity index (χ1n) is 9.89. The third kappa shape index (κ3) is 2.57. The number of hydrogen-bond donors (Lipinski definition) is 1. The Morgan fingerprint density at radius 2 is 2.00 bits per heavy atom. The van der Waals surface area contributed by atoms with E-state index in [0.717, 1.165) is 22.9 Å². The summed E-state index contributed by atoms with van der Waals surface area (Å²) in [6, 6.07) is 13.8. The van der Waals surface area contributed by atoms with Crippen molar-refractivity contribution in [1.29, 1.82) is 0 Å². The lowest BCUT2D eigenvalue weighted by atomic mass is 9.79. The van der Waals surface area contributed by atoms with Gasteiger partial charge in [-0.05, 0) is 43.7 Å². The lowest BCUT2D eigenvalue weighted by Crippen LogP contribution is -2.55. The van der Waals surface area contributed by atoms with E-state index in [1.54, 1.807) is 17.0 Å². The van der Waals surface area contributed by atoms with Crippen LogP contribution in [0.1, 0.15) is 18.9 Å². The quantitative estimate of drug-likeness (QED) is 0.841. The highest BCUT2D eigenvalue weighted by Crippen LogP contribution is 2.57. The standard InChI is InChI=1S/C22H22FN3O2S/c1-2-25-19-6-4-3-5-17(19)22(21(25)28)18(11-16-12-29-13-26(16)22)20(27)24-15-9-7-14(23)8-10-15/h3-10,16,18H,2,11-13H2,1H3,(H,24,27). The Hall–Kier alpha value is -2.38. The molecule has 2 aromatic rings. The molecule has 2 aromatic carbocycles. The number of hydrogen-bond acceptors (Lipinski definition) is 4. The van der Waals surface area contributed by atoms with E-state index >= 15 is 0 Å². The van der Waals surface area contributed by atoms with Crippen LogP contribution in [0.4, 0.5) is 15.8 Å². The van der Waals surface area contributed by atoms with Gasteiger partial charge >= 0.3 is 0 Å². The number of halogens is 1. The van der Waals surface area contributed by atoms with Crippen LogP contribution in [0, 0.1) is 11.7 Å². The van der Waals surface area contributed by atoms with Crippen LogP contribution >= 0.6 is 11.8 Å². The minimum Gasteiger partial charge on any atom is -0.326 e. The molecule has 5 nitrogen and oxygen atoms in total. The molecule has 3 heterocycles. The van der Waals surface area contributed by atoms with Crippen molar-refractivity contribution in [2.75, 3.05) is 28.4 Å². The number of nitrogens with zero attached hydrogens (tertiary/aromatic N) is 2. The molecule has 0 radical (unpaired) electrons. The summed E-state index contributed by atoms with van der Waals surface area (Å²) in [5.41, 5.74) is 1.40. The number of fused-ring (bicyclic) bond motifs is 4. The normalized spacial score (nSPS) is 28.1. The van der Waals surface area contributed by atoms with Gasteiger partial charge in [-0.2, -0.15) is 0 Å². The molecule has 150 valence electrons. The Labute approximate surface area is 173 Å². The fraction of sp³-hybridized carbons (Fsp3) is 0.364. The molecule has 5 rings (SSSR count). The largest absolute Gasteiger partial charge is 0.326 e. The van der Waals surface area contributed by atoms with E-state index in [-0.39, 0.29) is 23.7 Å². The van der Waals surface area contributed by atoms with Gasteiger partial charge in [0.2, 0.25) is 5.91 Å². The number of rotatable bonds is 3. The predicted molar refractivity (Wildman–Crippen MR) is 112 cm³/mol. The first kappa shape index (κ1) is 18.6.